The lowest BCUT2D eigenvalue weighted by Gasteiger charge is -2.27. The lowest BCUT2D eigenvalue weighted by molar-refractivity contribution is -0.130. The molecule has 3 N–H and O–H groups in total. The maximum absolute atomic E-state index is 11.8. The molecule has 0 aromatic rings. The van der Waals surface area contributed by atoms with E-state index in [1.54, 1.807) is 0 Å². The molecule has 0 bridgehead atoms. The Balaban J connectivity index is 1.79. The Kier molecular flexibility index (Phi) is 3.35. The Labute approximate surface area is 89.2 Å². The highest BCUT2D eigenvalue weighted by molar-refractivity contribution is 5.80. The van der Waals surface area contributed by atoms with Crippen LogP contribution in [0.1, 0.15) is 6.42 Å². The first-order chi connectivity index (χ1) is 7.25. The molecule has 0 aromatic heterocycles. The summed E-state index contributed by atoms with van der Waals surface area (Å²) in [6.07, 6.45) is 4.50. The molecular formula is C10H17N3O2. The van der Waals surface area contributed by atoms with Crippen LogP contribution in [0.5, 0.6) is 0 Å². The number of nitrogens with two attached hydrogens (primary N) is 1. The van der Waals surface area contributed by atoms with Crippen LogP contribution in [0, 0.1) is 5.92 Å². The maximum atomic E-state index is 11.8. The summed E-state index contributed by atoms with van der Waals surface area (Å²) in [5.74, 6) is -0.0241. The van der Waals surface area contributed by atoms with Gasteiger partial charge >= 0.3 is 0 Å². The van der Waals surface area contributed by atoms with Gasteiger partial charge in [0.1, 0.15) is 0 Å². The molecule has 1 aliphatic heterocycles. The van der Waals surface area contributed by atoms with Gasteiger partial charge in [0.05, 0.1) is 19.1 Å². The zero-order valence-corrected chi connectivity index (χ0v) is 8.69. The lowest BCUT2D eigenvalue weighted by Crippen LogP contribution is -2.50. The zero-order valence-electron chi connectivity index (χ0n) is 8.69. The molecule has 2 rings (SSSR count). The van der Waals surface area contributed by atoms with Gasteiger partial charge in [0, 0.05) is 19.1 Å². The van der Waals surface area contributed by atoms with E-state index < -0.39 is 0 Å². The summed E-state index contributed by atoms with van der Waals surface area (Å²) in [7, 11) is 0. The van der Waals surface area contributed by atoms with Crippen LogP contribution in [-0.2, 0) is 9.53 Å². The molecule has 5 nitrogen and oxygen atoms in total. The van der Waals surface area contributed by atoms with Gasteiger partial charge in [0.25, 0.3) is 0 Å². The number of carbonyl (C=O) groups excluding carboxylic acids is 1. The van der Waals surface area contributed by atoms with E-state index in [2.05, 4.69) is 5.43 Å². The summed E-state index contributed by atoms with van der Waals surface area (Å²) in [6.45, 7) is 2.88. The molecule has 0 aromatic carbocycles. The number of carbonyl (C=O) groups is 1. The first kappa shape index (κ1) is 10.6. The van der Waals surface area contributed by atoms with E-state index in [1.807, 2.05) is 17.2 Å². The molecule has 0 saturated carbocycles. The van der Waals surface area contributed by atoms with Crippen molar-refractivity contribution in [3.05, 3.63) is 12.2 Å². The SMILES string of the molecule is NC1C=CC(C(=O)NN2CCOCC2)C1. The Bertz CT molecular complexity index is 261. The van der Waals surface area contributed by atoms with Crippen molar-refractivity contribution in [2.75, 3.05) is 26.3 Å². The summed E-state index contributed by atoms with van der Waals surface area (Å²) >= 11 is 0. The van der Waals surface area contributed by atoms with Crippen molar-refractivity contribution in [3.63, 3.8) is 0 Å². The van der Waals surface area contributed by atoms with Crippen molar-refractivity contribution < 1.29 is 9.53 Å². The van der Waals surface area contributed by atoms with Crippen LogP contribution >= 0.6 is 0 Å². The second kappa shape index (κ2) is 4.74. The molecule has 1 aliphatic carbocycles. The monoisotopic (exact) mass is 211 g/mol. The minimum absolute atomic E-state index is 0.0328. The number of morpholine rings is 1. The first-order valence-corrected chi connectivity index (χ1v) is 5.33. The van der Waals surface area contributed by atoms with E-state index in [0.717, 1.165) is 19.5 Å². The highest BCUT2D eigenvalue weighted by Gasteiger charge is 2.24. The zero-order chi connectivity index (χ0) is 10.7. The normalized spacial score (nSPS) is 31.8. The van der Waals surface area contributed by atoms with Gasteiger partial charge in [-0.25, -0.2) is 5.01 Å². The number of nitrogens with zero attached hydrogens (tertiary/aromatic N) is 1. The number of ether oxygens (including phenoxy) is 1. The third-order valence-electron chi connectivity index (χ3n) is 2.73. The van der Waals surface area contributed by atoms with Gasteiger partial charge in [-0.15, -0.1) is 0 Å². The fraction of sp³-hybridized carbons (Fsp3) is 0.700. The van der Waals surface area contributed by atoms with Crippen LogP contribution in [0.3, 0.4) is 0 Å². The summed E-state index contributed by atoms with van der Waals surface area (Å²) in [6, 6.07) is 0.0328. The van der Waals surface area contributed by atoms with Crippen LogP contribution in [0.2, 0.25) is 0 Å². The molecule has 5 heteroatoms. The molecule has 2 unspecified atom stereocenters. The third kappa shape index (κ3) is 2.77. The smallest absolute Gasteiger partial charge is 0.241 e. The first-order valence-electron chi connectivity index (χ1n) is 5.33. The largest absolute Gasteiger partial charge is 0.379 e. The van der Waals surface area contributed by atoms with E-state index in [4.69, 9.17) is 10.5 Å². The summed E-state index contributed by atoms with van der Waals surface area (Å²) in [5, 5.41) is 1.91. The van der Waals surface area contributed by atoms with E-state index in [0.29, 0.717) is 13.2 Å². The van der Waals surface area contributed by atoms with Crippen LogP contribution in [0.25, 0.3) is 0 Å². The predicted molar refractivity (Wildman–Crippen MR) is 55.8 cm³/mol. The van der Waals surface area contributed by atoms with Gasteiger partial charge in [-0.1, -0.05) is 12.2 Å². The van der Waals surface area contributed by atoms with E-state index in [-0.39, 0.29) is 17.9 Å². The quantitative estimate of drug-likeness (QED) is 0.590. The topological polar surface area (TPSA) is 67.6 Å². The number of amides is 1. The van der Waals surface area contributed by atoms with Crippen molar-refractivity contribution in [2.45, 2.75) is 12.5 Å². The molecule has 1 fully saturated rings. The Morgan fingerprint density at radius 1 is 1.40 bits per heavy atom. The maximum Gasteiger partial charge on any atom is 0.241 e. The predicted octanol–water partition coefficient (Wildman–Crippen LogP) is -0.747. The fourth-order valence-electron chi connectivity index (χ4n) is 1.84. The van der Waals surface area contributed by atoms with E-state index in [9.17, 15) is 4.79 Å². The summed E-state index contributed by atoms with van der Waals surface area (Å²) in [5.41, 5.74) is 8.58. The fourth-order valence-corrected chi connectivity index (χ4v) is 1.84. The van der Waals surface area contributed by atoms with Gasteiger partial charge in [0.15, 0.2) is 0 Å². The molecule has 0 radical (unpaired) electrons. The second-order valence-electron chi connectivity index (χ2n) is 3.97. The van der Waals surface area contributed by atoms with E-state index in [1.165, 1.54) is 0 Å². The molecule has 0 spiro atoms. The second-order valence-corrected chi connectivity index (χ2v) is 3.97. The van der Waals surface area contributed by atoms with Gasteiger partial charge < -0.3 is 10.5 Å². The summed E-state index contributed by atoms with van der Waals surface area (Å²) in [4.78, 5) is 11.8. The lowest BCUT2D eigenvalue weighted by atomic mass is 10.1. The Morgan fingerprint density at radius 3 is 2.73 bits per heavy atom. The van der Waals surface area contributed by atoms with Gasteiger partial charge in [0.2, 0.25) is 5.91 Å². The Morgan fingerprint density at radius 2 is 2.13 bits per heavy atom. The molecule has 15 heavy (non-hydrogen) atoms. The van der Waals surface area contributed by atoms with Gasteiger partial charge in [-0.3, -0.25) is 10.2 Å². The van der Waals surface area contributed by atoms with Crippen LogP contribution in [-0.4, -0.2) is 43.3 Å². The third-order valence-corrected chi connectivity index (χ3v) is 2.73. The highest BCUT2D eigenvalue weighted by atomic mass is 16.5. The van der Waals surface area contributed by atoms with Crippen LogP contribution in [0.15, 0.2) is 12.2 Å². The van der Waals surface area contributed by atoms with Crippen molar-refractivity contribution in [3.8, 4) is 0 Å². The molecule has 1 amide bonds. The van der Waals surface area contributed by atoms with Crippen molar-refractivity contribution >= 4 is 5.91 Å². The van der Waals surface area contributed by atoms with Crippen molar-refractivity contribution in [2.24, 2.45) is 11.7 Å². The molecule has 84 valence electrons. The van der Waals surface area contributed by atoms with Crippen LogP contribution in [0.4, 0.5) is 0 Å². The van der Waals surface area contributed by atoms with Gasteiger partial charge in [-0.2, -0.15) is 0 Å². The Hall–Kier alpha value is -0.910. The number of hydrogen-bond acceptors (Lipinski definition) is 4. The summed E-state index contributed by atoms with van der Waals surface area (Å²) < 4.78 is 5.20. The average Bonchev–Trinajstić information content (AvgIpc) is 2.66. The number of hydrogen-bond donors (Lipinski definition) is 2. The minimum Gasteiger partial charge on any atom is -0.379 e. The minimum atomic E-state index is -0.0668. The molecule has 1 saturated heterocycles. The molecule has 2 aliphatic rings. The molecule has 1 heterocycles. The molecule has 2 atom stereocenters. The van der Waals surface area contributed by atoms with E-state index >= 15 is 0 Å². The average molecular weight is 211 g/mol. The highest BCUT2D eigenvalue weighted by Crippen LogP contribution is 2.16. The molecular weight excluding hydrogens is 194 g/mol. The van der Waals surface area contributed by atoms with Crippen molar-refractivity contribution in [1.29, 1.82) is 0 Å². The standard InChI is InChI=1S/C10H17N3O2/c11-9-2-1-8(7-9)10(14)12-13-3-5-15-6-4-13/h1-2,8-9H,3-7,11H2,(H,12,14). The van der Waals surface area contributed by atoms with Crippen molar-refractivity contribution in [1.82, 2.24) is 10.4 Å². The van der Waals surface area contributed by atoms with Gasteiger partial charge in [-0.05, 0) is 6.42 Å². The number of hydrazine groups is 1. The van der Waals surface area contributed by atoms with Crippen LogP contribution < -0.4 is 11.2 Å². The number of nitrogens with one attached hydrogen (secondary N) is 1. The number of rotatable bonds is 2.